The molecule has 1 nitrogen and oxygen atoms in total. The normalized spacial score (nSPS) is 11.6. The molecule has 0 unspecified atom stereocenters. The Bertz CT molecular complexity index is 535. The zero-order valence-corrected chi connectivity index (χ0v) is 9.96. The molecule has 1 heterocycles. The number of pyridine rings is 1. The maximum Gasteiger partial charge on any atom is 0.433 e. The number of hydrogen-bond donors (Lipinski definition) is 0. The van der Waals surface area contributed by atoms with Crippen molar-refractivity contribution in [1.82, 2.24) is 4.98 Å². The lowest BCUT2D eigenvalue weighted by molar-refractivity contribution is -0.141. The van der Waals surface area contributed by atoms with Crippen LogP contribution >= 0.6 is 11.6 Å². The minimum Gasteiger partial charge on any atom is -0.252 e. The van der Waals surface area contributed by atoms with E-state index in [0.717, 1.165) is 17.8 Å². The summed E-state index contributed by atoms with van der Waals surface area (Å²) in [6.07, 6.45) is -3.26. The van der Waals surface area contributed by atoms with E-state index < -0.39 is 11.9 Å². The van der Waals surface area contributed by atoms with Crippen molar-refractivity contribution in [3.8, 4) is 11.1 Å². The zero-order chi connectivity index (χ0) is 13.2. The largest absolute Gasteiger partial charge is 0.433 e. The molecule has 0 aliphatic heterocycles. The highest BCUT2D eigenvalue weighted by molar-refractivity contribution is 6.17. The average molecular weight is 272 g/mol. The third-order valence-corrected chi connectivity index (χ3v) is 2.80. The van der Waals surface area contributed by atoms with Crippen molar-refractivity contribution in [2.45, 2.75) is 12.1 Å². The van der Waals surface area contributed by atoms with Gasteiger partial charge in [-0.2, -0.15) is 13.2 Å². The van der Waals surface area contributed by atoms with Crippen LogP contribution in [0.15, 0.2) is 42.6 Å². The van der Waals surface area contributed by atoms with Crippen molar-refractivity contribution in [2.75, 3.05) is 0 Å². The summed E-state index contributed by atoms with van der Waals surface area (Å²) >= 11 is 5.65. The number of rotatable bonds is 2. The highest BCUT2D eigenvalue weighted by Crippen LogP contribution is 2.30. The number of halogens is 4. The Morgan fingerprint density at radius 2 is 1.67 bits per heavy atom. The second-order valence-corrected chi connectivity index (χ2v) is 4.03. The van der Waals surface area contributed by atoms with E-state index in [4.69, 9.17) is 11.6 Å². The molecule has 18 heavy (non-hydrogen) atoms. The van der Waals surface area contributed by atoms with Crippen LogP contribution in [0.3, 0.4) is 0 Å². The highest BCUT2D eigenvalue weighted by atomic mass is 35.5. The molecule has 0 atom stereocenters. The Balaban J connectivity index is 2.38. The standard InChI is InChI=1S/C13H9ClF3N/c14-8-9-1-3-10(4-2-9)11-5-6-18-12(7-11)13(15,16)17/h1-7H,8H2. The van der Waals surface area contributed by atoms with Gasteiger partial charge in [0.15, 0.2) is 0 Å². The van der Waals surface area contributed by atoms with E-state index in [0.29, 0.717) is 17.0 Å². The molecular weight excluding hydrogens is 263 g/mol. The van der Waals surface area contributed by atoms with Crippen LogP contribution in [-0.2, 0) is 12.1 Å². The summed E-state index contributed by atoms with van der Waals surface area (Å²) in [5.74, 6) is 0.379. The van der Waals surface area contributed by atoms with E-state index in [1.54, 1.807) is 30.3 Å². The molecule has 0 radical (unpaired) electrons. The Morgan fingerprint density at radius 1 is 1.00 bits per heavy atom. The van der Waals surface area contributed by atoms with Crippen LogP contribution in [-0.4, -0.2) is 4.98 Å². The van der Waals surface area contributed by atoms with E-state index in [1.807, 2.05) is 0 Å². The number of benzene rings is 1. The maximum absolute atomic E-state index is 12.5. The smallest absolute Gasteiger partial charge is 0.252 e. The van der Waals surface area contributed by atoms with Crippen LogP contribution in [0.25, 0.3) is 11.1 Å². The molecule has 1 aromatic heterocycles. The molecule has 2 rings (SSSR count). The van der Waals surface area contributed by atoms with Gasteiger partial charge in [-0.3, -0.25) is 4.98 Å². The molecular formula is C13H9ClF3N. The quantitative estimate of drug-likeness (QED) is 0.733. The van der Waals surface area contributed by atoms with Gasteiger partial charge < -0.3 is 0 Å². The highest BCUT2D eigenvalue weighted by Gasteiger charge is 2.32. The number of nitrogens with zero attached hydrogens (tertiary/aromatic N) is 1. The first-order valence-electron chi connectivity index (χ1n) is 5.19. The fourth-order valence-corrected chi connectivity index (χ4v) is 1.73. The van der Waals surface area contributed by atoms with E-state index in [9.17, 15) is 13.2 Å². The second kappa shape index (κ2) is 4.98. The van der Waals surface area contributed by atoms with Crippen molar-refractivity contribution in [1.29, 1.82) is 0 Å². The Labute approximate surface area is 107 Å². The first kappa shape index (κ1) is 12.9. The van der Waals surface area contributed by atoms with Gasteiger partial charge in [0.05, 0.1) is 0 Å². The van der Waals surface area contributed by atoms with Gasteiger partial charge in [-0.1, -0.05) is 24.3 Å². The number of aromatic nitrogens is 1. The molecule has 0 aliphatic carbocycles. The summed E-state index contributed by atoms with van der Waals surface area (Å²) in [7, 11) is 0. The van der Waals surface area contributed by atoms with E-state index in [2.05, 4.69) is 4.98 Å². The topological polar surface area (TPSA) is 12.9 Å². The second-order valence-electron chi connectivity index (χ2n) is 3.76. The first-order valence-corrected chi connectivity index (χ1v) is 5.72. The molecule has 0 fully saturated rings. The Hall–Kier alpha value is -1.55. The van der Waals surface area contributed by atoms with E-state index >= 15 is 0 Å². The predicted octanol–water partition coefficient (Wildman–Crippen LogP) is 4.51. The molecule has 0 amide bonds. The van der Waals surface area contributed by atoms with Crippen LogP contribution in [0, 0.1) is 0 Å². The number of alkyl halides is 4. The lowest BCUT2D eigenvalue weighted by atomic mass is 10.0. The van der Waals surface area contributed by atoms with Crippen molar-refractivity contribution in [3.05, 3.63) is 53.9 Å². The van der Waals surface area contributed by atoms with E-state index in [-0.39, 0.29) is 0 Å². The molecule has 5 heteroatoms. The van der Waals surface area contributed by atoms with Gasteiger partial charge in [0.25, 0.3) is 0 Å². The third kappa shape index (κ3) is 2.82. The van der Waals surface area contributed by atoms with Gasteiger partial charge in [-0.15, -0.1) is 11.6 Å². The summed E-state index contributed by atoms with van der Waals surface area (Å²) in [6, 6.07) is 9.65. The zero-order valence-electron chi connectivity index (χ0n) is 9.21. The molecule has 0 spiro atoms. The summed E-state index contributed by atoms with van der Waals surface area (Å²) in [5.41, 5.74) is 1.22. The lowest BCUT2D eigenvalue weighted by Gasteiger charge is -2.08. The summed E-state index contributed by atoms with van der Waals surface area (Å²) < 4.78 is 37.6. The van der Waals surface area contributed by atoms with Crippen LogP contribution in [0.5, 0.6) is 0 Å². The summed E-state index contributed by atoms with van der Waals surface area (Å²) in [5, 5.41) is 0. The monoisotopic (exact) mass is 271 g/mol. The summed E-state index contributed by atoms with van der Waals surface area (Å²) in [6.45, 7) is 0. The van der Waals surface area contributed by atoms with Gasteiger partial charge in [0, 0.05) is 12.1 Å². The van der Waals surface area contributed by atoms with Crippen molar-refractivity contribution in [2.24, 2.45) is 0 Å². The first-order chi connectivity index (χ1) is 8.50. The molecule has 0 aliphatic rings. The van der Waals surface area contributed by atoms with Gasteiger partial charge in [0.2, 0.25) is 0 Å². The summed E-state index contributed by atoms with van der Waals surface area (Å²) in [4.78, 5) is 3.32. The fourth-order valence-electron chi connectivity index (χ4n) is 1.55. The van der Waals surface area contributed by atoms with Gasteiger partial charge in [-0.05, 0) is 28.8 Å². The molecule has 94 valence electrons. The van der Waals surface area contributed by atoms with Crippen LogP contribution in [0.4, 0.5) is 13.2 Å². The molecule has 1 aromatic carbocycles. The minimum atomic E-state index is -4.42. The van der Waals surface area contributed by atoms with Gasteiger partial charge >= 0.3 is 6.18 Å². The minimum absolute atomic E-state index is 0.379. The van der Waals surface area contributed by atoms with E-state index in [1.165, 1.54) is 0 Å². The van der Waals surface area contributed by atoms with Gasteiger partial charge in [0.1, 0.15) is 5.69 Å². The third-order valence-electron chi connectivity index (χ3n) is 2.49. The SMILES string of the molecule is FC(F)(F)c1cc(-c2ccc(CCl)cc2)ccn1. The molecule has 0 saturated heterocycles. The Kier molecular flexibility index (Phi) is 3.57. The lowest BCUT2D eigenvalue weighted by Crippen LogP contribution is -2.07. The Morgan fingerprint density at radius 3 is 2.22 bits per heavy atom. The number of hydrogen-bond acceptors (Lipinski definition) is 1. The van der Waals surface area contributed by atoms with Crippen molar-refractivity contribution in [3.63, 3.8) is 0 Å². The molecule has 0 N–H and O–H groups in total. The molecule has 2 aromatic rings. The van der Waals surface area contributed by atoms with Crippen molar-refractivity contribution >= 4 is 11.6 Å². The van der Waals surface area contributed by atoms with Crippen LogP contribution < -0.4 is 0 Å². The van der Waals surface area contributed by atoms with Gasteiger partial charge in [-0.25, -0.2) is 0 Å². The predicted molar refractivity (Wildman–Crippen MR) is 64.2 cm³/mol. The molecule has 0 saturated carbocycles. The maximum atomic E-state index is 12.5. The van der Waals surface area contributed by atoms with Crippen molar-refractivity contribution < 1.29 is 13.2 Å². The fraction of sp³-hybridized carbons (Fsp3) is 0.154. The average Bonchev–Trinajstić information content (AvgIpc) is 2.38. The van der Waals surface area contributed by atoms with Crippen LogP contribution in [0.2, 0.25) is 0 Å². The van der Waals surface area contributed by atoms with Crippen LogP contribution in [0.1, 0.15) is 11.3 Å². The molecule has 0 bridgehead atoms.